The number of halogens is 3. The third-order valence-corrected chi connectivity index (χ3v) is 7.85. The smallest absolute Gasteiger partial charge is 0.381 e. The van der Waals surface area contributed by atoms with E-state index in [0.29, 0.717) is 19.1 Å². The van der Waals surface area contributed by atoms with E-state index in [-0.39, 0.29) is 47.4 Å². The van der Waals surface area contributed by atoms with Crippen LogP contribution in [0.25, 0.3) is 11.0 Å². The Labute approximate surface area is 217 Å². The van der Waals surface area contributed by atoms with Gasteiger partial charge in [0, 0.05) is 50.3 Å². The van der Waals surface area contributed by atoms with Gasteiger partial charge in [-0.15, -0.1) is 0 Å². The maximum atomic E-state index is 13.4. The normalized spacial score (nSPS) is 24.7. The van der Waals surface area contributed by atoms with Gasteiger partial charge in [-0.3, -0.25) is 14.7 Å². The second-order valence-corrected chi connectivity index (χ2v) is 10.3. The molecule has 4 heterocycles. The fourth-order valence-corrected chi connectivity index (χ4v) is 5.98. The summed E-state index contributed by atoms with van der Waals surface area (Å²) in [7, 11) is 0. The highest BCUT2D eigenvalue weighted by Crippen LogP contribution is 2.36. The number of hydrogen-bond donors (Lipinski definition) is 2. The van der Waals surface area contributed by atoms with E-state index >= 15 is 0 Å². The lowest BCUT2D eigenvalue weighted by atomic mass is 10.1. The highest BCUT2D eigenvalue weighted by Gasteiger charge is 2.40. The lowest BCUT2D eigenvalue weighted by molar-refractivity contribution is -0.136. The number of nitrogens with one attached hydrogen (secondary N) is 2. The molecular formula is C27H30F3N5O3. The lowest BCUT2D eigenvalue weighted by Crippen LogP contribution is -2.45. The summed E-state index contributed by atoms with van der Waals surface area (Å²) in [4.78, 5) is 26.7. The monoisotopic (exact) mass is 529 g/mol. The van der Waals surface area contributed by atoms with Crippen LogP contribution in [0.2, 0.25) is 0 Å². The fraction of sp³-hybridized carbons (Fsp3) is 0.519. The molecule has 2 aliphatic heterocycles. The third-order valence-electron chi connectivity index (χ3n) is 7.85. The Morgan fingerprint density at radius 1 is 1.18 bits per heavy atom. The summed E-state index contributed by atoms with van der Waals surface area (Å²) < 4.78 is 52.3. The Balaban J connectivity index is 1.17. The zero-order valence-electron chi connectivity index (χ0n) is 20.8. The molecule has 1 aliphatic carbocycles. The molecule has 3 atom stereocenters. The van der Waals surface area contributed by atoms with Crippen molar-refractivity contribution in [2.75, 3.05) is 26.3 Å². The number of benzene rings is 1. The number of carbonyl (C=O) groups is 1. The number of likely N-dealkylation sites (tertiary alicyclic amines) is 1. The van der Waals surface area contributed by atoms with Crippen LogP contribution in [0.4, 0.5) is 13.2 Å². The predicted molar refractivity (Wildman–Crippen MR) is 132 cm³/mol. The third kappa shape index (κ3) is 5.14. The Bertz CT molecular complexity index is 1310. The Hall–Kier alpha value is -3.02. The number of amides is 1. The lowest BCUT2D eigenvalue weighted by Gasteiger charge is -2.31. The molecule has 2 fully saturated rings. The van der Waals surface area contributed by atoms with Gasteiger partial charge in [0.2, 0.25) is 5.91 Å². The number of aryl methyl sites for hydroxylation is 1. The van der Waals surface area contributed by atoms with Crippen molar-refractivity contribution in [3.05, 3.63) is 59.2 Å². The number of fused-ring (bicyclic) bond motifs is 2. The summed E-state index contributed by atoms with van der Waals surface area (Å²) in [6.07, 6.45) is 2.36. The number of aromatic nitrogens is 3. The van der Waals surface area contributed by atoms with Gasteiger partial charge >= 0.3 is 6.18 Å². The maximum absolute atomic E-state index is 13.4. The topological polar surface area (TPSA) is 92.4 Å². The van der Waals surface area contributed by atoms with E-state index in [4.69, 9.17) is 9.47 Å². The van der Waals surface area contributed by atoms with Gasteiger partial charge in [-0.2, -0.15) is 13.2 Å². The van der Waals surface area contributed by atoms with Crippen molar-refractivity contribution in [1.29, 1.82) is 0 Å². The van der Waals surface area contributed by atoms with E-state index in [1.165, 1.54) is 17.7 Å². The summed E-state index contributed by atoms with van der Waals surface area (Å²) in [5, 5.41) is 3.10. The quantitative estimate of drug-likeness (QED) is 0.507. The van der Waals surface area contributed by atoms with Crippen molar-refractivity contribution >= 4 is 16.9 Å². The molecule has 1 amide bonds. The van der Waals surface area contributed by atoms with E-state index in [9.17, 15) is 18.0 Å². The highest BCUT2D eigenvalue weighted by molar-refractivity contribution is 5.82. The second-order valence-electron chi connectivity index (χ2n) is 10.3. The molecular weight excluding hydrogens is 499 g/mol. The van der Waals surface area contributed by atoms with Crippen molar-refractivity contribution in [3.63, 3.8) is 0 Å². The molecule has 0 saturated carbocycles. The van der Waals surface area contributed by atoms with E-state index in [1.54, 1.807) is 6.20 Å². The Kier molecular flexibility index (Phi) is 6.83. The van der Waals surface area contributed by atoms with E-state index < -0.39 is 11.7 Å². The standard InChI is InChI=1S/C27H30F3N5O3/c28-27(29,30)19-2-1-3-20-26(19)34-24(32-20)12-25(36)33-21-14-35(17-7-10-37-11-8-17)15-23(21)38-22-5-4-16-6-9-31-13-18(16)22/h1-3,6,9,13,17,21-23H,4-5,7-8,10-12,14-15H2,(H,32,34)(H,33,36)/t21?,22?,23-/m0/s1. The van der Waals surface area contributed by atoms with Crippen molar-refractivity contribution in [2.45, 2.75) is 62.6 Å². The van der Waals surface area contributed by atoms with E-state index in [2.05, 4.69) is 25.2 Å². The molecule has 3 aromatic rings. The summed E-state index contributed by atoms with van der Waals surface area (Å²) >= 11 is 0. The second kappa shape index (κ2) is 10.3. The van der Waals surface area contributed by atoms with Gasteiger partial charge < -0.3 is 19.8 Å². The van der Waals surface area contributed by atoms with Crippen molar-refractivity contribution < 1.29 is 27.4 Å². The molecule has 0 bridgehead atoms. The van der Waals surface area contributed by atoms with Crippen LogP contribution in [0.15, 0.2) is 36.7 Å². The highest BCUT2D eigenvalue weighted by atomic mass is 19.4. The molecule has 0 radical (unpaired) electrons. The molecule has 0 spiro atoms. The summed E-state index contributed by atoms with van der Waals surface area (Å²) in [6, 6.07) is 5.99. The van der Waals surface area contributed by atoms with Gasteiger partial charge in [-0.25, -0.2) is 4.98 Å². The zero-order chi connectivity index (χ0) is 26.3. The zero-order valence-corrected chi connectivity index (χ0v) is 20.8. The molecule has 8 nitrogen and oxygen atoms in total. The molecule has 2 aromatic heterocycles. The number of ether oxygens (including phenoxy) is 2. The number of para-hydroxylation sites is 1. The molecule has 2 N–H and O–H groups in total. The van der Waals surface area contributed by atoms with Gasteiger partial charge in [-0.1, -0.05) is 6.07 Å². The molecule has 3 aliphatic rings. The van der Waals surface area contributed by atoms with E-state index in [0.717, 1.165) is 50.5 Å². The average Bonchev–Trinajstić information content (AvgIpc) is 3.61. The molecule has 2 unspecified atom stereocenters. The van der Waals surface area contributed by atoms with Crippen LogP contribution >= 0.6 is 0 Å². The molecule has 38 heavy (non-hydrogen) atoms. The number of nitrogens with zero attached hydrogens (tertiary/aromatic N) is 3. The number of H-pyrrole nitrogens is 1. The van der Waals surface area contributed by atoms with Crippen LogP contribution in [0.1, 0.15) is 47.9 Å². The number of alkyl halides is 3. The number of carbonyl (C=O) groups excluding carboxylic acids is 1. The molecule has 202 valence electrons. The summed E-state index contributed by atoms with van der Waals surface area (Å²) in [5.74, 6) is -0.111. The SMILES string of the molecule is O=C(Cc1nc2c(C(F)(F)F)cccc2[nH]1)NC1CN(C2CCOCC2)C[C@@H]1OC1CCc2ccncc21. The minimum absolute atomic E-state index is 0.0751. The first-order chi connectivity index (χ1) is 18.3. The van der Waals surface area contributed by atoms with Crippen LogP contribution < -0.4 is 5.32 Å². The first-order valence-corrected chi connectivity index (χ1v) is 13.1. The van der Waals surface area contributed by atoms with Gasteiger partial charge in [0.15, 0.2) is 0 Å². The van der Waals surface area contributed by atoms with Crippen LogP contribution in [-0.4, -0.2) is 70.2 Å². The number of hydrogen-bond acceptors (Lipinski definition) is 6. The number of aromatic amines is 1. The van der Waals surface area contributed by atoms with Gasteiger partial charge in [0.05, 0.1) is 35.8 Å². The molecule has 2 saturated heterocycles. The summed E-state index contributed by atoms with van der Waals surface area (Å²) in [5.41, 5.74) is 1.60. The predicted octanol–water partition coefficient (Wildman–Crippen LogP) is 3.57. The number of rotatable bonds is 6. The first kappa shape index (κ1) is 25.3. The minimum atomic E-state index is -4.52. The molecule has 11 heteroatoms. The number of imidazole rings is 1. The van der Waals surface area contributed by atoms with Gasteiger partial charge in [0.25, 0.3) is 0 Å². The van der Waals surface area contributed by atoms with Crippen LogP contribution in [0, 0.1) is 0 Å². The fourth-order valence-electron chi connectivity index (χ4n) is 5.98. The minimum Gasteiger partial charge on any atom is -0.381 e. The van der Waals surface area contributed by atoms with Crippen LogP contribution in [0.5, 0.6) is 0 Å². The molecule has 6 rings (SSSR count). The Morgan fingerprint density at radius 2 is 2.03 bits per heavy atom. The average molecular weight is 530 g/mol. The number of pyridine rings is 1. The van der Waals surface area contributed by atoms with Crippen LogP contribution in [0.3, 0.4) is 0 Å². The van der Waals surface area contributed by atoms with Crippen molar-refractivity contribution in [1.82, 2.24) is 25.2 Å². The maximum Gasteiger partial charge on any atom is 0.418 e. The van der Waals surface area contributed by atoms with Gasteiger partial charge in [-0.05, 0) is 49.4 Å². The first-order valence-electron chi connectivity index (χ1n) is 13.1. The summed E-state index contributed by atoms with van der Waals surface area (Å²) in [6.45, 7) is 2.78. The van der Waals surface area contributed by atoms with Crippen molar-refractivity contribution in [3.8, 4) is 0 Å². The molecule has 1 aromatic carbocycles. The Morgan fingerprint density at radius 3 is 2.84 bits per heavy atom. The van der Waals surface area contributed by atoms with Gasteiger partial charge in [0.1, 0.15) is 11.3 Å². The largest absolute Gasteiger partial charge is 0.418 e. The van der Waals surface area contributed by atoms with Crippen LogP contribution in [-0.2, 0) is 33.3 Å². The van der Waals surface area contributed by atoms with Crippen molar-refractivity contribution in [2.24, 2.45) is 0 Å². The van der Waals surface area contributed by atoms with E-state index in [1.807, 2.05) is 12.3 Å².